The monoisotopic (exact) mass is 504 g/mol. The van der Waals surface area contributed by atoms with Gasteiger partial charge in [0.25, 0.3) is 0 Å². The molecule has 198 valence electrons. The Hall–Kier alpha value is -2.73. The molecule has 0 saturated carbocycles. The molecule has 1 aromatic carbocycles. The van der Waals surface area contributed by atoms with E-state index in [9.17, 15) is 10.1 Å². The number of amides is 1. The predicted molar refractivity (Wildman–Crippen MR) is 145 cm³/mol. The standard InChI is InChI=1S/C29H40N6O2/c1-21(2)29(36)34-15-13-33(14-16-34)24-8-11-32(12-9-24)19-25-20-35(18-22(3)37-25)27-7-6-23(17-30)28-26(27)5-4-10-31-28/h4-7,10,21-22,24-25H,8-9,11-16,18-20H2,1-3H3/t22-,25+/m1/s1. The number of pyridine rings is 1. The van der Waals surface area contributed by atoms with Gasteiger partial charge in [0.05, 0.1) is 23.3 Å². The quantitative estimate of drug-likeness (QED) is 0.620. The first-order chi connectivity index (χ1) is 17.9. The highest BCUT2D eigenvalue weighted by atomic mass is 16.5. The SMILES string of the molecule is CC(C)C(=O)N1CCN(C2CCN(C[C@H]3CN(c4ccc(C#N)c5ncccc45)C[C@@H](C)O3)CC2)CC1. The van der Waals surface area contributed by atoms with E-state index in [4.69, 9.17) is 4.74 Å². The largest absolute Gasteiger partial charge is 0.370 e. The third-order valence-electron chi connectivity index (χ3n) is 8.19. The number of nitrogens with zero attached hydrogens (tertiary/aromatic N) is 6. The fourth-order valence-corrected chi connectivity index (χ4v) is 6.29. The van der Waals surface area contributed by atoms with E-state index in [1.165, 1.54) is 12.8 Å². The number of morpholine rings is 1. The summed E-state index contributed by atoms with van der Waals surface area (Å²) in [6.07, 6.45) is 4.40. The summed E-state index contributed by atoms with van der Waals surface area (Å²) < 4.78 is 6.40. The van der Waals surface area contributed by atoms with Gasteiger partial charge in [0.2, 0.25) is 5.91 Å². The number of likely N-dealkylation sites (tertiary alicyclic amines) is 1. The van der Waals surface area contributed by atoms with Gasteiger partial charge in [-0.2, -0.15) is 5.26 Å². The Labute approximate surface area is 220 Å². The molecule has 2 aromatic rings. The number of fused-ring (bicyclic) bond motifs is 1. The van der Waals surface area contributed by atoms with Gasteiger partial charge in [-0.25, -0.2) is 0 Å². The summed E-state index contributed by atoms with van der Waals surface area (Å²) in [6.45, 7) is 14.6. The van der Waals surface area contributed by atoms with Crippen molar-refractivity contribution in [3.63, 3.8) is 0 Å². The molecule has 4 heterocycles. The van der Waals surface area contributed by atoms with Crippen LogP contribution in [0.1, 0.15) is 39.2 Å². The number of aromatic nitrogens is 1. The van der Waals surface area contributed by atoms with Gasteiger partial charge < -0.3 is 19.4 Å². The number of piperidine rings is 1. The highest BCUT2D eigenvalue weighted by molar-refractivity contribution is 5.95. The maximum absolute atomic E-state index is 12.3. The van der Waals surface area contributed by atoms with Gasteiger partial charge in [-0.15, -0.1) is 0 Å². The van der Waals surface area contributed by atoms with Crippen LogP contribution in [0, 0.1) is 17.2 Å². The minimum atomic E-state index is 0.0859. The van der Waals surface area contributed by atoms with E-state index in [1.54, 1.807) is 6.20 Å². The molecule has 0 unspecified atom stereocenters. The molecule has 37 heavy (non-hydrogen) atoms. The summed E-state index contributed by atoms with van der Waals surface area (Å²) in [4.78, 5) is 26.4. The third kappa shape index (κ3) is 5.74. The van der Waals surface area contributed by atoms with Crippen LogP contribution in [0.3, 0.4) is 0 Å². The number of nitriles is 1. The van der Waals surface area contributed by atoms with E-state index in [0.717, 1.165) is 75.5 Å². The number of carbonyl (C=O) groups excluding carboxylic acids is 1. The van der Waals surface area contributed by atoms with Gasteiger partial charge in [0.15, 0.2) is 0 Å². The summed E-state index contributed by atoms with van der Waals surface area (Å²) in [6, 6.07) is 10.9. The van der Waals surface area contributed by atoms with E-state index in [2.05, 4.69) is 44.8 Å². The van der Waals surface area contributed by atoms with Gasteiger partial charge in [-0.05, 0) is 57.1 Å². The second-order valence-electron chi connectivity index (χ2n) is 11.2. The molecule has 3 fully saturated rings. The molecule has 3 aliphatic heterocycles. The highest BCUT2D eigenvalue weighted by Gasteiger charge is 2.32. The van der Waals surface area contributed by atoms with Crippen LogP contribution in [0.15, 0.2) is 30.5 Å². The average molecular weight is 505 g/mol. The number of hydrogen-bond donors (Lipinski definition) is 0. The van der Waals surface area contributed by atoms with Crippen LogP contribution in [-0.4, -0.2) is 103 Å². The van der Waals surface area contributed by atoms with Gasteiger partial charge in [-0.3, -0.25) is 14.7 Å². The van der Waals surface area contributed by atoms with Gasteiger partial charge >= 0.3 is 0 Å². The molecule has 1 amide bonds. The zero-order valence-electron chi connectivity index (χ0n) is 22.5. The molecule has 0 radical (unpaired) electrons. The van der Waals surface area contributed by atoms with Crippen LogP contribution >= 0.6 is 0 Å². The average Bonchev–Trinajstić information content (AvgIpc) is 2.92. The van der Waals surface area contributed by atoms with Crippen molar-refractivity contribution >= 4 is 22.5 Å². The topological polar surface area (TPSA) is 75.9 Å². The summed E-state index contributed by atoms with van der Waals surface area (Å²) in [5.41, 5.74) is 2.53. The molecule has 1 aromatic heterocycles. The molecule has 3 aliphatic rings. The lowest BCUT2D eigenvalue weighted by Gasteiger charge is -2.44. The minimum Gasteiger partial charge on any atom is -0.370 e. The van der Waals surface area contributed by atoms with E-state index < -0.39 is 0 Å². The Morgan fingerprint density at radius 1 is 1.11 bits per heavy atom. The van der Waals surface area contributed by atoms with Crippen LogP contribution in [0.5, 0.6) is 0 Å². The molecule has 0 N–H and O–H groups in total. The summed E-state index contributed by atoms with van der Waals surface area (Å²) >= 11 is 0. The molecule has 2 atom stereocenters. The van der Waals surface area contributed by atoms with Crippen molar-refractivity contribution in [1.82, 2.24) is 19.7 Å². The first-order valence-electron chi connectivity index (χ1n) is 13.9. The molecule has 8 heteroatoms. The highest BCUT2D eigenvalue weighted by Crippen LogP contribution is 2.30. The number of hydrogen-bond acceptors (Lipinski definition) is 7. The maximum Gasteiger partial charge on any atom is 0.225 e. The van der Waals surface area contributed by atoms with Crippen LogP contribution in [0.4, 0.5) is 5.69 Å². The molecular formula is C29H40N6O2. The van der Waals surface area contributed by atoms with Crippen LogP contribution in [0.2, 0.25) is 0 Å². The number of ether oxygens (including phenoxy) is 1. The Bertz CT molecular complexity index is 1130. The van der Waals surface area contributed by atoms with Crippen molar-refractivity contribution in [2.24, 2.45) is 5.92 Å². The molecular weight excluding hydrogens is 464 g/mol. The smallest absolute Gasteiger partial charge is 0.225 e. The van der Waals surface area contributed by atoms with Crippen molar-refractivity contribution in [2.45, 2.75) is 51.9 Å². The lowest BCUT2D eigenvalue weighted by atomic mass is 10.0. The summed E-state index contributed by atoms with van der Waals surface area (Å²) in [5, 5.41) is 10.5. The predicted octanol–water partition coefficient (Wildman–Crippen LogP) is 2.96. The maximum atomic E-state index is 12.3. The van der Waals surface area contributed by atoms with E-state index in [-0.39, 0.29) is 24.0 Å². The zero-order valence-corrected chi connectivity index (χ0v) is 22.5. The fraction of sp³-hybridized carbons (Fsp3) is 0.621. The normalized spacial score (nSPS) is 24.5. The van der Waals surface area contributed by atoms with Crippen molar-refractivity contribution in [1.29, 1.82) is 5.26 Å². The number of rotatable bonds is 5. The minimum absolute atomic E-state index is 0.0859. The Morgan fingerprint density at radius 3 is 2.57 bits per heavy atom. The van der Waals surface area contributed by atoms with Crippen LogP contribution in [0.25, 0.3) is 10.9 Å². The second kappa shape index (κ2) is 11.3. The molecule has 0 spiro atoms. The Morgan fingerprint density at radius 2 is 1.86 bits per heavy atom. The van der Waals surface area contributed by atoms with E-state index in [0.29, 0.717) is 11.6 Å². The number of carbonyl (C=O) groups is 1. The summed E-state index contributed by atoms with van der Waals surface area (Å²) in [7, 11) is 0. The molecule has 0 bridgehead atoms. The summed E-state index contributed by atoms with van der Waals surface area (Å²) in [5.74, 6) is 0.373. The molecule has 5 rings (SSSR count). The molecule has 0 aliphatic carbocycles. The number of piperazine rings is 1. The molecule has 3 saturated heterocycles. The lowest BCUT2D eigenvalue weighted by Crippen LogP contribution is -2.56. The fourth-order valence-electron chi connectivity index (χ4n) is 6.29. The van der Waals surface area contributed by atoms with Crippen molar-refractivity contribution < 1.29 is 9.53 Å². The number of anilines is 1. The van der Waals surface area contributed by atoms with Crippen molar-refractivity contribution in [2.75, 3.05) is 63.8 Å². The van der Waals surface area contributed by atoms with Crippen molar-refractivity contribution in [3.8, 4) is 6.07 Å². The zero-order chi connectivity index (χ0) is 25.9. The number of benzene rings is 1. The first-order valence-corrected chi connectivity index (χ1v) is 13.9. The Balaban J connectivity index is 1.16. The van der Waals surface area contributed by atoms with Crippen LogP contribution in [-0.2, 0) is 9.53 Å². The van der Waals surface area contributed by atoms with Gasteiger partial charge in [-0.1, -0.05) is 13.8 Å². The van der Waals surface area contributed by atoms with Gasteiger partial charge in [0.1, 0.15) is 6.07 Å². The Kier molecular flexibility index (Phi) is 7.94. The second-order valence-corrected chi connectivity index (χ2v) is 11.2. The van der Waals surface area contributed by atoms with E-state index in [1.807, 2.05) is 30.9 Å². The third-order valence-corrected chi connectivity index (χ3v) is 8.19. The van der Waals surface area contributed by atoms with Crippen LogP contribution < -0.4 is 4.90 Å². The lowest BCUT2D eigenvalue weighted by molar-refractivity contribution is -0.136. The molecule has 8 nitrogen and oxygen atoms in total. The first kappa shape index (κ1) is 25.9. The van der Waals surface area contributed by atoms with Gasteiger partial charge in [0, 0.05) is 75.0 Å². The van der Waals surface area contributed by atoms with Crippen molar-refractivity contribution in [3.05, 3.63) is 36.0 Å². The van der Waals surface area contributed by atoms with E-state index >= 15 is 0 Å².